The number of rotatable bonds is 4. The summed E-state index contributed by atoms with van der Waals surface area (Å²) in [4.78, 5) is 5.79. The van der Waals surface area contributed by atoms with E-state index in [4.69, 9.17) is 4.74 Å². The minimum absolute atomic E-state index is 0.171. The highest BCUT2D eigenvalue weighted by molar-refractivity contribution is 7.89. The highest BCUT2D eigenvalue weighted by Crippen LogP contribution is 2.29. The van der Waals surface area contributed by atoms with Crippen LogP contribution in [0, 0.1) is 0 Å². The van der Waals surface area contributed by atoms with Crippen molar-refractivity contribution >= 4 is 15.8 Å². The van der Waals surface area contributed by atoms with Gasteiger partial charge in [-0.15, -0.1) is 0 Å². The van der Waals surface area contributed by atoms with E-state index in [9.17, 15) is 21.6 Å². The summed E-state index contributed by atoms with van der Waals surface area (Å²) in [5.74, 6) is 0.955. The first-order valence-corrected chi connectivity index (χ1v) is 9.58. The number of alkyl halides is 3. The molecule has 0 saturated carbocycles. The number of halogens is 3. The van der Waals surface area contributed by atoms with Crippen molar-refractivity contribution in [2.45, 2.75) is 11.1 Å². The van der Waals surface area contributed by atoms with E-state index in [0.29, 0.717) is 24.7 Å². The Hall–Kier alpha value is -2.33. The maximum absolute atomic E-state index is 12.7. The van der Waals surface area contributed by atoms with Gasteiger partial charge >= 0.3 is 6.18 Å². The van der Waals surface area contributed by atoms with Gasteiger partial charge in [0.15, 0.2) is 0 Å². The molecule has 0 radical (unpaired) electrons. The van der Waals surface area contributed by atoms with Gasteiger partial charge in [-0.25, -0.2) is 13.4 Å². The molecule has 27 heavy (non-hydrogen) atoms. The molecule has 0 aliphatic carbocycles. The predicted molar refractivity (Wildman–Crippen MR) is 93.2 cm³/mol. The molecule has 0 bridgehead atoms. The van der Waals surface area contributed by atoms with Gasteiger partial charge in [0.2, 0.25) is 10.0 Å². The van der Waals surface area contributed by atoms with E-state index >= 15 is 0 Å². The summed E-state index contributed by atoms with van der Waals surface area (Å²) in [5, 5.41) is 0. The Balaban J connectivity index is 1.67. The Morgan fingerprint density at radius 3 is 2.11 bits per heavy atom. The van der Waals surface area contributed by atoms with Crippen LogP contribution in [0.3, 0.4) is 0 Å². The first-order valence-electron chi connectivity index (χ1n) is 8.14. The van der Waals surface area contributed by atoms with Crippen molar-refractivity contribution in [1.29, 1.82) is 0 Å². The molecule has 1 aromatic heterocycles. The lowest BCUT2D eigenvalue weighted by molar-refractivity contribution is -0.137. The van der Waals surface area contributed by atoms with E-state index in [-0.39, 0.29) is 18.0 Å². The Morgan fingerprint density at radius 1 is 1.00 bits per heavy atom. The molecule has 1 aliphatic heterocycles. The Morgan fingerprint density at radius 2 is 1.63 bits per heavy atom. The van der Waals surface area contributed by atoms with E-state index in [1.54, 1.807) is 17.0 Å². The number of anilines is 1. The van der Waals surface area contributed by atoms with Gasteiger partial charge in [0.25, 0.3) is 0 Å². The molecule has 146 valence electrons. The van der Waals surface area contributed by atoms with Gasteiger partial charge in [0.1, 0.15) is 11.6 Å². The van der Waals surface area contributed by atoms with Gasteiger partial charge < -0.3 is 9.64 Å². The molecular weight excluding hydrogens is 383 g/mol. The fourth-order valence-electron chi connectivity index (χ4n) is 2.80. The molecule has 6 nitrogen and oxygen atoms in total. The van der Waals surface area contributed by atoms with Gasteiger partial charge in [-0.1, -0.05) is 0 Å². The van der Waals surface area contributed by atoms with Crippen molar-refractivity contribution in [3.8, 4) is 5.75 Å². The summed E-state index contributed by atoms with van der Waals surface area (Å²) in [7, 11) is -2.14. The third-order valence-corrected chi connectivity index (χ3v) is 6.25. The van der Waals surface area contributed by atoms with Crippen LogP contribution in [-0.2, 0) is 16.2 Å². The zero-order valence-corrected chi connectivity index (χ0v) is 15.3. The van der Waals surface area contributed by atoms with Crippen LogP contribution >= 0.6 is 0 Å². The van der Waals surface area contributed by atoms with Crippen molar-refractivity contribution in [2.24, 2.45) is 0 Å². The quantitative estimate of drug-likeness (QED) is 0.788. The number of sulfonamides is 1. The topological polar surface area (TPSA) is 62.7 Å². The third-order valence-electron chi connectivity index (χ3n) is 4.34. The van der Waals surface area contributed by atoms with Gasteiger partial charge in [0.05, 0.1) is 17.6 Å². The maximum atomic E-state index is 12.7. The van der Waals surface area contributed by atoms with Crippen molar-refractivity contribution in [3.63, 3.8) is 0 Å². The Labute approximate surface area is 155 Å². The highest BCUT2D eigenvalue weighted by atomic mass is 32.2. The minimum atomic E-state index is -4.43. The molecule has 1 aliphatic rings. The molecule has 1 fully saturated rings. The number of piperazine rings is 1. The number of ether oxygens (including phenoxy) is 1. The summed E-state index contributed by atoms with van der Waals surface area (Å²) < 4.78 is 69.7. The SMILES string of the molecule is COc1ccc(S(=O)(=O)N2CCN(c3ccc(C(F)(F)F)cn3)CC2)cc1. The largest absolute Gasteiger partial charge is 0.497 e. The van der Waals surface area contributed by atoms with Crippen LogP contribution in [0.25, 0.3) is 0 Å². The fraction of sp³-hybridized carbons (Fsp3) is 0.353. The number of pyridine rings is 1. The van der Waals surface area contributed by atoms with E-state index < -0.39 is 21.8 Å². The number of benzene rings is 1. The molecule has 2 heterocycles. The van der Waals surface area contributed by atoms with E-state index in [0.717, 1.165) is 12.3 Å². The van der Waals surface area contributed by atoms with Crippen molar-refractivity contribution in [1.82, 2.24) is 9.29 Å². The van der Waals surface area contributed by atoms with Crippen molar-refractivity contribution < 1.29 is 26.3 Å². The van der Waals surface area contributed by atoms with Gasteiger partial charge in [-0.3, -0.25) is 0 Å². The van der Waals surface area contributed by atoms with Gasteiger partial charge in [-0.2, -0.15) is 17.5 Å². The van der Waals surface area contributed by atoms with Crippen LogP contribution in [0.15, 0.2) is 47.5 Å². The van der Waals surface area contributed by atoms with E-state index in [1.165, 1.54) is 29.6 Å². The predicted octanol–water partition coefficient (Wildman–Crippen LogP) is 2.62. The summed E-state index contributed by atoms with van der Waals surface area (Å²) in [6.07, 6.45) is -3.65. The summed E-state index contributed by atoms with van der Waals surface area (Å²) in [6, 6.07) is 8.40. The summed E-state index contributed by atoms with van der Waals surface area (Å²) in [6.45, 7) is 1.12. The minimum Gasteiger partial charge on any atom is -0.497 e. The Bertz CT molecular complexity index is 876. The van der Waals surface area contributed by atoms with E-state index in [2.05, 4.69) is 4.98 Å². The normalized spacial score (nSPS) is 16.4. The number of nitrogens with zero attached hydrogens (tertiary/aromatic N) is 3. The number of methoxy groups -OCH3 is 1. The third kappa shape index (κ3) is 4.16. The van der Waals surface area contributed by atoms with Crippen LogP contribution in [0.5, 0.6) is 5.75 Å². The monoisotopic (exact) mass is 401 g/mol. The maximum Gasteiger partial charge on any atom is 0.417 e. The molecule has 10 heteroatoms. The average molecular weight is 401 g/mol. The molecule has 0 amide bonds. The van der Waals surface area contributed by atoms with Crippen molar-refractivity contribution in [2.75, 3.05) is 38.2 Å². The number of hydrogen-bond acceptors (Lipinski definition) is 5. The van der Waals surface area contributed by atoms with Crippen LogP contribution in [0.1, 0.15) is 5.56 Å². The molecule has 3 rings (SSSR count). The highest BCUT2D eigenvalue weighted by Gasteiger charge is 2.32. The molecule has 0 unspecified atom stereocenters. The van der Waals surface area contributed by atoms with Crippen LogP contribution in [0.4, 0.5) is 19.0 Å². The first kappa shape index (κ1) is 19.4. The lowest BCUT2D eigenvalue weighted by Gasteiger charge is -2.34. The van der Waals surface area contributed by atoms with Gasteiger partial charge in [0, 0.05) is 32.4 Å². The average Bonchev–Trinajstić information content (AvgIpc) is 2.67. The van der Waals surface area contributed by atoms with Gasteiger partial charge in [-0.05, 0) is 36.4 Å². The second-order valence-electron chi connectivity index (χ2n) is 5.97. The second kappa shape index (κ2) is 7.35. The van der Waals surface area contributed by atoms with Crippen molar-refractivity contribution in [3.05, 3.63) is 48.2 Å². The second-order valence-corrected chi connectivity index (χ2v) is 7.91. The number of aromatic nitrogens is 1. The number of hydrogen-bond donors (Lipinski definition) is 0. The summed E-state index contributed by atoms with van der Waals surface area (Å²) >= 11 is 0. The van der Waals surface area contributed by atoms with Crippen LogP contribution in [-0.4, -0.2) is 51.0 Å². The van der Waals surface area contributed by atoms with E-state index in [1.807, 2.05) is 0 Å². The molecular formula is C17H18F3N3O3S. The zero-order valence-electron chi connectivity index (χ0n) is 14.5. The van der Waals surface area contributed by atoms with Crippen LogP contribution < -0.4 is 9.64 Å². The molecule has 1 saturated heterocycles. The fourth-order valence-corrected chi connectivity index (χ4v) is 4.22. The molecule has 1 aromatic carbocycles. The molecule has 0 spiro atoms. The lowest BCUT2D eigenvalue weighted by Crippen LogP contribution is -2.48. The molecule has 0 atom stereocenters. The lowest BCUT2D eigenvalue weighted by atomic mass is 10.2. The smallest absolute Gasteiger partial charge is 0.417 e. The standard InChI is InChI=1S/C17H18F3N3O3S/c1-26-14-3-5-15(6-4-14)27(24,25)23-10-8-22(9-11-23)16-7-2-13(12-21-16)17(18,19)20/h2-7,12H,8-11H2,1H3. The first-order chi connectivity index (χ1) is 12.7. The molecule has 0 N–H and O–H groups in total. The van der Waals surface area contributed by atoms with Crippen LogP contribution in [0.2, 0.25) is 0 Å². The Kier molecular flexibility index (Phi) is 5.29. The summed E-state index contributed by atoms with van der Waals surface area (Å²) in [5.41, 5.74) is -0.813. The molecule has 2 aromatic rings. The zero-order chi connectivity index (χ0) is 19.7.